The average molecular weight is 387 g/mol. The normalized spacial score (nSPS) is 10.6. The minimum absolute atomic E-state index is 0.122. The fourth-order valence-corrected chi connectivity index (χ4v) is 2.38. The van der Waals surface area contributed by atoms with Crippen LogP contribution in [-0.2, 0) is 14.3 Å². The van der Waals surface area contributed by atoms with Crippen LogP contribution >= 0.6 is 0 Å². The van der Waals surface area contributed by atoms with E-state index in [9.17, 15) is 9.59 Å². The maximum atomic E-state index is 12.5. The molecule has 0 saturated carbocycles. The van der Waals surface area contributed by atoms with E-state index in [0.29, 0.717) is 24.7 Å². The summed E-state index contributed by atoms with van der Waals surface area (Å²) in [7, 11) is 1.60. The standard InChI is InChI=1S/C21H25NO6/c1-3-26-21(24)12-13-22(20(23)11-10-18-5-4-15-27-18)14-16-28-19-8-6-17(25-2)7-9-19/h4-11,15H,3,12-14,16H2,1-2H3/b11-10+. The predicted molar refractivity (Wildman–Crippen MR) is 104 cm³/mol. The van der Waals surface area contributed by atoms with Gasteiger partial charge in [0.15, 0.2) is 0 Å². The summed E-state index contributed by atoms with van der Waals surface area (Å²) in [5.74, 6) is 1.41. The summed E-state index contributed by atoms with van der Waals surface area (Å²) in [5.41, 5.74) is 0. The van der Waals surface area contributed by atoms with E-state index in [4.69, 9.17) is 18.6 Å². The number of carbonyl (C=O) groups excluding carboxylic acids is 2. The molecule has 0 fully saturated rings. The first kappa shape index (κ1) is 21.1. The lowest BCUT2D eigenvalue weighted by Crippen LogP contribution is -2.35. The number of hydrogen-bond acceptors (Lipinski definition) is 6. The van der Waals surface area contributed by atoms with Crippen LogP contribution in [0.4, 0.5) is 0 Å². The van der Waals surface area contributed by atoms with Gasteiger partial charge in [-0.15, -0.1) is 0 Å². The minimum Gasteiger partial charge on any atom is -0.497 e. The highest BCUT2D eigenvalue weighted by molar-refractivity contribution is 5.91. The molecular formula is C21H25NO6. The lowest BCUT2D eigenvalue weighted by molar-refractivity contribution is -0.143. The molecule has 1 heterocycles. The van der Waals surface area contributed by atoms with Crippen molar-refractivity contribution in [2.75, 3.05) is 33.4 Å². The second kappa shape index (κ2) is 11.5. The third-order valence-corrected chi connectivity index (χ3v) is 3.83. The summed E-state index contributed by atoms with van der Waals surface area (Å²) in [6.45, 7) is 2.91. The van der Waals surface area contributed by atoms with Crippen LogP contribution in [0.5, 0.6) is 11.5 Å². The molecular weight excluding hydrogens is 362 g/mol. The van der Waals surface area contributed by atoms with Crippen LogP contribution in [0.25, 0.3) is 6.08 Å². The van der Waals surface area contributed by atoms with E-state index in [0.717, 1.165) is 5.75 Å². The summed E-state index contributed by atoms with van der Waals surface area (Å²) in [6, 6.07) is 10.7. The molecule has 0 aliphatic rings. The van der Waals surface area contributed by atoms with Gasteiger partial charge in [0.2, 0.25) is 5.91 Å². The first-order chi connectivity index (χ1) is 13.6. The predicted octanol–water partition coefficient (Wildman–Crippen LogP) is 3.16. The highest BCUT2D eigenvalue weighted by Gasteiger charge is 2.14. The van der Waals surface area contributed by atoms with Gasteiger partial charge in [0.05, 0.1) is 32.9 Å². The average Bonchev–Trinajstić information content (AvgIpc) is 3.23. The van der Waals surface area contributed by atoms with Gasteiger partial charge in [-0.3, -0.25) is 9.59 Å². The van der Waals surface area contributed by atoms with Crippen LogP contribution in [0.15, 0.2) is 53.2 Å². The quantitative estimate of drug-likeness (QED) is 0.435. The van der Waals surface area contributed by atoms with Crippen molar-refractivity contribution < 1.29 is 28.2 Å². The summed E-state index contributed by atoms with van der Waals surface area (Å²) in [4.78, 5) is 25.7. The molecule has 1 aromatic heterocycles. The molecule has 7 nitrogen and oxygen atoms in total. The SMILES string of the molecule is CCOC(=O)CCN(CCOc1ccc(OC)cc1)C(=O)/C=C/c1ccco1. The molecule has 0 bridgehead atoms. The fourth-order valence-electron chi connectivity index (χ4n) is 2.38. The Bertz CT molecular complexity index is 752. The minimum atomic E-state index is -0.341. The summed E-state index contributed by atoms with van der Waals surface area (Å²) >= 11 is 0. The van der Waals surface area contributed by atoms with Crippen LogP contribution in [0.1, 0.15) is 19.1 Å². The number of methoxy groups -OCH3 is 1. The van der Waals surface area contributed by atoms with E-state index < -0.39 is 0 Å². The van der Waals surface area contributed by atoms with Crippen molar-refractivity contribution in [3.63, 3.8) is 0 Å². The van der Waals surface area contributed by atoms with Crippen LogP contribution in [-0.4, -0.2) is 50.2 Å². The topological polar surface area (TPSA) is 78.2 Å². The van der Waals surface area contributed by atoms with E-state index in [-0.39, 0.29) is 31.4 Å². The molecule has 0 N–H and O–H groups in total. The van der Waals surface area contributed by atoms with Crippen molar-refractivity contribution in [3.8, 4) is 11.5 Å². The first-order valence-corrected chi connectivity index (χ1v) is 9.05. The molecule has 2 aromatic rings. The molecule has 0 atom stereocenters. The third-order valence-electron chi connectivity index (χ3n) is 3.83. The molecule has 0 saturated heterocycles. The van der Waals surface area contributed by atoms with Gasteiger partial charge in [0.25, 0.3) is 0 Å². The molecule has 7 heteroatoms. The number of furan rings is 1. The van der Waals surface area contributed by atoms with E-state index in [1.54, 1.807) is 61.4 Å². The molecule has 1 aromatic carbocycles. The Morgan fingerprint density at radius 3 is 2.50 bits per heavy atom. The summed E-state index contributed by atoms with van der Waals surface area (Å²) in [6.07, 6.45) is 4.66. The molecule has 0 aliphatic carbocycles. The van der Waals surface area contributed by atoms with E-state index in [2.05, 4.69) is 0 Å². The second-order valence-electron chi connectivity index (χ2n) is 5.75. The maximum Gasteiger partial charge on any atom is 0.307 e. The van der Waals surface area contributed by atoms with Gasteiger partial charge in [-0.05, 0) is 49.4 Å². The zero-order chi connectivity index (χ0) is 20.2. The van der Waals surface area contributed by atoms with E-state index in [1.807, 2.05) is 0 Å². The van der Waals surface area contributed by atoms with Gasteiger partial charge in [0, 0.05) is 12.6 Å². The monoisotopic (exact) mass is 387 g/mol. The Labute approximate surface area is 164 Å². The van der Waals surface area contributed by atoms with Crippen molar-refractivity contribution in [2.45, 2.75) is 13.3 Å². The molecule has 0 aliphatic heterocycles. The Balaban J connectivity index is 1.91. The van der Waals surface area contributed by atoms with Gasteiger partial charge in [0.1, 0.15) is 23.9 Å². The van der Waals surface area contributed by atoms with Crippen molar-refractivity contribution in [3.05, 3.63) is 54.5 Å². The number of amides is 1. The van der Waals surface area contributed by atoms with E-state index in [1.165, 1.54) is 12.3 Å². The number of esters is 1. The molecule has 0 unspecified atom stereocenters. The molecule has 1 amide bonds. The van der Waals surface area contributed by atoms with Crippen LogP contribution in [0, 0.1) is 0 Å². The second-order valence-corrected chi connectivity index (χ2v) is 5.75. The Morgan fingerprint density at radius 2 is 1.86 bits per heavy atom. The first-order valence-electron chi connectivity index (χ1n) is 9.05. The van der Waals surface area contributed by atoms with Crippen LogP contribution in [0.3, 0.4) is 0 Å². The van der Waals surface area contributed by atoms with Gasteiger partial charge >= 0.3 is 5.97 Å². The number of ether oxygens (including phenoxy) is 3. The number of carbonyl (C=O) groups is 2. The summed E-state index contributed by atoms with van der Waals surface area (Å²) < 4.78 is 20.9. The van der Waals surface area contributed by atoms with Gasteiger partial charge in [-0.1, -0.05) is 0 Å². The van der Waals surface area contributed by atoms with Crippen LogP contribution < -0.4 is 9.47 Å². The van der Waals surface area contributed by atoms with Crippen molar-refractivity contribution >= 4 is 18.0 Å². The van der Waals surface area contributed by atoms with Crippen LogP contribution in [0.2, 0.25) is 0 Å². The van der Waals surface area contributed by atoms with Crippen molar-refractivity contribution in [2.24, 2.45) is 0 Å². The molecule has 0 spiro atoms. The molecule has 28 heavy (non-hydrogen) atoms. The van der Waals surface area contributed by atoms with E-state index >= 15 is 0 Å². The molecule has 150 valence electrons. The van der Waals surface area contributed by atoms with Gasteiger partial charge < -0.3 is 23.5 Å². The zero-order valence-electron chi connectivity index (χ0n) is 16.1. The third kappa shape index (κ3) is 7.19. The summed E-state index contributed by atoms with van der Waals surface area (Å²) in [5, 5.41) is 0. The fraction of sp³-hybridized carbons (Fsp3) is 0.333. The Morgan fingerprint density at radius 1 is 1.11 bits per heavy atom. The number of nitrogens with zero attached hydrogens (tertiary/aromatic N) is 1. The smallest absolute Gasteiger partial charge is 0.307 e. The van der Waals surface area contributed by atoms with Gasteiger partial charge in [-0.25, -0.2) is 0 Å². The van der Waals surface area contributed by atoms with Gasteiger partial charge in [-0.2, -0.15) is 0 Å². The Kier molecular flexibility index (Phi) is 8.65. The Hall–Kier alpha value is -3.22. The lowest BCUT2D eigenvalue weighted by atomic mass is 10.3. The molecule has 0 radical (unpaired) electrons. The highest BCUT2D eigenvalue weighted by atomic mass is 16.5. The zero-order valence-corrected chi connectivity index (χ0v) is 16.1. The van der Waals surface area contributed by atoms with Crippen molar-refractivity contribution in [1.29, 1.82) is 0 Å². The molecule has 2 rings (SSSR count). The maximum absolute atomic E-state index is 12.5. The number of benzene rings is 1. The highest BCUT2D eigenvalue weighted by Crippen LogP contribution is 2.17. The van der Waals surface area contributed by atoms with Crippen molar-refractivity contribution in [1.82, 2.24) is 4.90 Å². The number of hydrogen-bond donors (Lipinski definition) is 0. The largest absolute Gasteiger partial charge is 0.497 e. The lowest BCUT2D eigenvalue weighted by Gasteiger charge is -2.21. The number of rotatable bonds is 11.